The topological polar surface area (TPSA) is 76.1 Å². The summed E-state index contributed by atoms with van der Waals surface area (Å²) >= 11 is 12.4. The molecule has 1 unspecified atom stereocenters. The lowest BCUT2D eigenvalue weighted by Gasteiger charge is -2.25. The summed E-state index contributed by atoms with van der Waals surface area (Å²) in [5, 5.41) is 11.7. The summed E-state index contributed by atoms with van der Waals surface area (Å²) in [6, 6.07) is 10.6. The van der Waals surface area contributed by atoms with E-state index >= 15 is 0 Å². The van der Waals surface area contributed by atoms with Gasteiger partial charge in [-0.1, -0.05) is 29.3 Å². The van der Waals surface area contributed by atoms with Crippen LogP contribution in [-0.2, 0) is 14.3 Å². The summed E-state index contributed by atoms with van der Waals surface area (Å²) in [4.78, 5) is 27.1. The van der Waals surface area contributed by atoms with Gasteiger partial charge in [-0.25, -0.2) is 0 Å². The number of halogens is 2. The van der Waals surface area contributed by atoms with Gasteiger partial charge in [0.1, 0.15) is 11.5 Å². The van der Waals surface area contributed by atoms with Crippen LogP contribution in [0.15, 0.2) is 48.0 Å². The first-order valence-electron chi connectivity index (χ1n) is 9.74. The van der Waals surface area contributed by atoms with Crippen molar-refractivity contribution in [2.24, 2.45) is 0 Å². The first-order valence-corrected chi connectivity index (χ1v) is 10.5. The molecule has 0 radical (unpaired) electrons. The van der Waals surface area contributed by atoms with Gasteiger partial charge in [-0.05, 0) is 55.8 Å². The van der Waals surface area contributed by atoms with Crippen LogP contribution in [0.2, 0.25) is 10.0 Å². The highest BCUT2D eigenvalue weighted by Crippen LogP contribution is 2.42. The number of Topliss-reactive ketones (excluding diaryl/α,β-unsaturated/α-hetero) is 1. The van der Waals surface area contributed by atoms with E-state index in [1.807, 2.05) is 13.8 Å². The van der Waals surface area contributed by atoms with Crippen LogP contribution >= 0.6 is 23.2 Å². The van der Waals surface area contributed by atoms with Crippen LogP contribution in [0.5, 0.6) is 5.75 Å². The fourth-order valence-corrected chi connectivity index (χ4v) is 3.98. The second kappa shape index (κ2) is 9.73. The molecule has 0 saturated carbocycles. The highest BCUT2D eigenvalue weighted by Gasteiger charge is 2.46. The average molecular weight is 464 g/mol. The first-order chi connectivity index (χ1) is 14.7. The van der Waals surface area contributed by atoms with E-state index in [1.54, 1.807) is 36.4 Å². The quantitative estimate of drug-likeness (QED) is 0.360. The molecule has 6 nitrogen and oxygen atoms in total. The number of hydrogen-bond donors (Lipinski definition) is 1. The summed E-state index contributed by atoms with van der Waals surface area (Å²) in [5.41, 5.74) is 0.835. The van der Waals surface area contributed by atoms with Crippen molar-refractivity contribution < 1.29 is 24.2 Å². The van der Waals surface area contributed by atoms with Crippen molar-refractivity contribution in [2.45, 2.75) is 26.0 Å². The van der Waals surface area contributed by atoms with Gasteiger partial charge >= 0.3 is 0 Å². The van der Waals surface area contributed by atoms with Crippen molar-refractivity contribution >= 4 is 40.7 Å². The molecule has 0 spiro atoms. The van der Waals surface area contributed by atoms with Crippen molar-refractivity contribution in [2.75, 3.05) is 20.3 Å². The lowest BCUT2D eigenvalue weighted by atomic mass is 9.95. The number of ketones is 1. The Kier molecular flexibility index (Phi) is 7.26. The van der Waals surface area contributed by atoms with Crippen LogP contribution in [0.3, 0.4) is 0 Å². The maximum absolute atomic E-state index is 12.9. The van der Waals surface area contributed by atoms with Crippen molar-refractivity contribution in [3.63, 3.8) is 0 Å². The fourth-order valence-electron chi connectivity index (χ4n) is 3.47. The van der Waals surface area contributed by atoms with Crippen LogP contribution in [0.25, 0.3) is 5.76 Å². The van der Waals surface area contributed by atoms with Crippen LogP contribution in [0.1, 0.15) is 31.0 Å². The van der Waals surface area contributed by atoms with Crippen LogP contribution in [-0.4, -0.2) is 48.1 Å². The number of likely N-dealkylation sites (tertiary alicyclic amines) is 1. The van der Waals surface area contributed by atoms with E-state index in [2.05, 4.69) is 0 Å². The molecule has 1 aliphatic rings. The van der Waals surface area contributed by atoms with Gasteiger partial charge in [0.15, 0.2) is 0 Å². The molecule has 1 heterocycles. The highest BCUT2D eigenvalue weighted by molar-refractivity contribution is 6.47. The van der Waals surface area contributed by atoms with E-state index in [0.717, 1.165) is 0 Å². The average Bonchev–Trinajstić information content (AvgIpc) is 2.96. The van der Waals surface area contributed by atoms with Gasteiger partial charge in [-0.2, -0.15) is 0 Å². The van der Waals surface area contributed by atoms with E-state index in [9.17, 15) is 14.7 Å². The Hall–Kier alpha value is -2.54. The highest BCUT2D eigenvalue weighted by atomic mass is 35.5. The fraction of sp³-hybridized carbons (Fsp3) is 0.304. The zero-order valence-electron chi connectivity index (χ0n) is 17.4. The van der Waals surface area contributed by atoms with Gasteiger partial charge in [-0.3, -0.25) is 9.59 Å². The maximum Gasteiger partial charge on any atom is 0.295 e. The summed E-state index contributed by atoms with van der Waals surface area (Å²) < 4.78 is 10.7. The number of nitrogens with zero attached hydrogens (tertiary/aromatic N) is 1. The number of aliphatic hydroxyl groups is 1. The normalized spacial score (nSPS) is 18.1. The summed E-state index contributed by atoms with van der Waals surface area (Å²) in [5.74, 6) is -1.17. The largest absolute Gasteiger partial charge is 0.507 e. The monoisotopic (exact) mass is 463 g/mol. The van der Waals surface area contributed by atoms with Crippen molar-refractivity contribution in [1.29, 1.82) is 0 Å². The molecular formula is C23H23Cl2NO5. The molecule has 31 heavy (non-hydrogen) atoms. The zero-order valence-corrected chi connectivity index (χ0v) is 18.9. The molecule has 1 N–H and O–H groups in total. The van der Waals surface area contributed by atoms with Crippen LogP contribution < -0.4 is 4.74 Å². The Labute approximate surface area is 191 Å². The minimum Gasteiger partial charge on any atom is -0.507 e. The Morgan fingerprint density at radius 1 is 1.13 bits per heavy atom. The van der Waals surface area contributed by atoms with E-state index in [-0.39, 0.29) is 35.6 Å². The summed E-state index contributed by atoms with van der Waals surface area (Å²) in [6.45, 7) is 4.19. The van der Waals surface area contributed by atoms with Crippen molar-refractivity contribution in [3.8, 4) is 5.75 Å². The summed E-state index contributed by atoms with van der Waals surface area (Å²) in [6.07, 6.45) is -0.00222. The van der Waals surface area contributed by atoms with E-state index in [0.29, 0.717) is 21.9 Å². The maximum atomic E-state index is 12.9. The first kappa shape index (κ1) is 23.1. The van der Waals surface area contributed by atoms with E-state index in [4.69, 9.17) is 32.7 Å². The Morgan fingerprint density at radius 2 is 1.81 bits per heavy atom. The number of aliphatic hydroxyl groups excluding tert-OH is 1. The van der Waals surface area contributed by atoms with Crippen molar-refractivity contribution in [1.82, 2.24) is 4.90 Å². The number of methoxy groups -OCH3 is 1. The lowest BCUT2D eigenvalue weighted by molar-refractivity contribution is -0.140. The van der Waals surface area contributed by atoms with Crippen LogP contribution in [0.4, 0.5) is 0 Å². The second-order valence-electron chi connectivity index (χ2n) is 7.34. The third-order valence-electron chi connectivity index (χ3n) is 4.83. The molecule has 1 aliphatic heterocycles. The van der Waals surface area contributed by atoms with Gasteiger partial charge < -0.3 is 19.5 Å². The third kappa shape index (κ3) is 4.87. The third-order valence-corrected chi connectivity index (χ3v) is 5.40. The number of ether oxygens (including phenoxy) is 2. The molecule has 2 aromatic rings. The number of amides is 1. The molecule has 2 aromatic carbocycles. The predicted octanol–water partition coefficient (Wildman–Crippen LogP) is 4.85. The number of rotatable bonds is 7. The van der Waals surface area contributed by atoms with Gasteiger partial charge in [0.05, 0.1) is 24.3 Å². The molecule has 1 atom stereocenters. The Morgan fingerprint density at radius 3 is 2.39 bits per heavy atom. The van der Waals surface area contributed by atoms with Gasteiger partial charge in [0.2, 0.25) is 0 Å². The Bertz CT molecular complexity index is 1020. The van der Waals surface area contributed by atoms with Crippen molar-refractivity contribution in [3.05, 3.63) is 69.2 Å². The molecule has 0 aromatic heterocycles. The minimum absolute atomic E-state index is 0.00222. The van der Waals surface area contributed by atoms with Gasteiger partial charge in [0, 0.05) is 29.3 Å². The molecule has 1 amide bonds. The number of hydrogen-bond acceptors (Lipinski definition) is 5. The molecule has 0 aliphatic carbocycles. The molecule has 1 saturated heterocycles. The van der Waals surface area contributed by atoms with E-state index in [1.165, 1.54) is 18.1 Å². The van der Waals surface area contributed by atoms with Crippen LogP contribution in [0, 0.1) is 0 Å². The lowest BCUT2D eigenvalue weighted by Crippen LogP contribution is -2.32. The number of benzene rings is 2. The predicted molar refractivity (Wildman–Crippen MR) is 120 cm³/mol. The SMILES string of the molecule is COCCN1C(=O)C(=O)/C(=C(/O)c2ccc(OC(C)C)cc2)C1c1ccc(Cl)cc1Cl. The Balaban J connectivity index is 2.12. The molecule has 1 fully saturated rings. The standard InChI is InChI=1S/C23H23Cl2NO5/c1-13(2)31-16-7-4-14(5-8-16)21(27)19-20(17-9-6-15(24)12-18(17)25)26(10-11-30-3)23(29)22(19)28/h4-9,12-13,20,27H,10-11H2,1-3H3/b21-19+. The molecular weight excluding hydrogens is 441 g/mol. The second-order valence-corrected chi connectivity index (χ2v) is 8.19. The van der Waals surface area contributed by atoms with E-state index < -0.39 is 17.7 Å². The van der Waals surface area contributed by atoms with Gasteiger partial charge in [-0.15, -0.1) is 0 Å². The molecule has 0 bridgehead atoms. The summed E-state index contributed by atoms with van der Waals surface area (Å²) in [7, 11) is 1.50. The number of carbonyl (C=O) groups excluding carboxylic acids is 2. The molecule has 8 heteroatoms. The minimum atomic E-state index is -0.869. The zero-order chi connectivity index (χ0) is 22.7. The smallest absolute Gasteiger partial charge is 0.295 e. The number of carbonyl (C=O) groups is 2. The van der Waals surface area contributed by atoms with Gasteiger partial charge in [0.25, 0.3) is 11.7 Å². The molecule has 3 rings (SSSR count). The molecule has 164 valence electrons.